The molecule has 1 aliphatic rings. The Bertz CT molecular complexity index is 662. The van der Waals surface area contributed by atoms with Crippen molar-refractivity contribution in [3.63, 3.8) is 0 Å². The summed E-state index contributed by atoms with van der Waals surface area (Å²) in [4.78, 5) is 28.3. The Balaban J connectivity index is 1.72. The van der Waals surface area contributed by atoms with Crippen LogP contribution in [0.5, 0.6) is 0 Å². The second-order valence-electron chi connectivity index (χ2n) is 6.67. The molecule has 1 saturated heterocycles. The molecule has 1 aromatic carbocycles. The number of benzene rings is 1. The maximum absolute atomic E-state index is 12.2. The van der Waals surface area contributed by atoms with Crippen molar-refractivity contribution < 1.29 is 9.59 Å². The highest BCUT2D eigenvalue weighted by atomic mass is 16.2. The number of rotatable bonds is 7. The standard InChI is InChI=1S/C19H27N5O2/c1-3-15(2)21-18(25)13-23-7-9-24(10-8-23)14-19(26)22-17-6-4-5-16(11-17)12-20/h4-6,11,15H,3,7-10,13-14H2,1-2H3,(H,21,25)(H,22,26). The fourth-order valence-electron chi connectivity index (χ4n) is 2.80. The van der Waals surface area contributed by atoms with Crippen LogP contribution in [-0.4, -0.2) is 66.9 Å². The molecule has 26 heavy (non-hydrogen) atoms. The number of amides is 2. The normalized spacial score (nSPS) is 16.5. The molecule has 0 radical (unpaired) electrons. The van der Waals surface area contributed by atoms with Gasteiger partial charge in [0, 0.05) is 37.9 Å². The van der Waals surface area contributed by atoms with Crippen LogP contribution in [0.2, 0.25) is 0 Å². The summed E-state index contributed by atoms with van der Waals surface area (Å²) in [5, 5.41) is 14.7. The van der Waals surface area contributed by atoms with Crippen molar-refractivity contribution in [2.45, 2.75) is 26.3 Å². The van der Waals surface area contributed by atoms with E-state index in [2.05, 4.69) is 26.5 Å². The molecule has 0 saturated carbocycles. The molecule has 7 nitrogen and oxygen atoms in total. The minimum atomic E-state index is -0.0944. The lowest BCUT2D eigenvalue weighted by Gasteiger charge is -2.34. The molecule has 0 aromatic heterocycles. The lowest BCUT2D eigenvalue weighted by Crippen LogP contribution is -2.51. The first kappa shape index (κ1) is 19.9. The van der Waals surface area contributed by atoms with Gasteiger partial charge in [-0.05, 0) is 31.5 Å². The third-order valence-electron chi connectivity index (χ3n) is 4.49. The lowest BCUT2D eigenvalue weighted by molar-refractivity contribution is -0.124. The fraction of sp³-hybridized carbons (Fsp3) is 0.526. The predicted molar refractivity (Wildman–Crippen MR) is 101 cm³/mol. The third-order valence-corrected chi connectivity index (χ3v) is 4.49. The lowest BCUT2D eigenvalue weighted by atomic mass is 10.2. The monoisotopic (exact) mass is 357 g/mol. The zero-order chi connectivity index (χ0) is 18.9. The number of nitrogens with one attached hydrogen (secondary N) is 2. The van der Waals surface area contributed by atoms with E-state index in [4.69, 9.17) is 5.26 Å². The van der Waals surface area contributed by atoms with E-state index in [1.165, 1.54) is 0 Å². The topological polar surface area (TPSA) is 88.5 Å². The highest BCUT2D eigenvalue weighted by Crippen LogP contribution is 2.10. The van der Waals surface area contributed by atoms with E-state index in [1.54, 1.807) is 24.3 Å². The van der Waals surface area contributed by atoms with Gasteiger partial charge in [-0.3, -0.25) is 19.4 Å². The Labute approximate surface area is 155 Å². The van der Waals surface area contributed by atoms with Gasteiger partial charge in [-0.2, -0.15) is 5.26 Å². The van der Waals surface area contributed by atoms with E-state index in [0.717, 1.165) is 32.6 Å². The van der Waals surface area contributed by atoms with E-state index in [-0.39, 0.29) is 17.9 Å². The van der Waals surface area contributed by atoms with Crippen LogP contribution in [0, 0.1) is 11.3 Å². The fourth-order valence-corrected chi connectivity index (χ4v) is 2.80. The first-order chi connectivity index (χ1) is 12.5. The molecular weight excluding hydrogens is 330 g/mol. The van der Waals surface area contributed by atoms with Gasteiger partial charge in [0.25, 0.3) is 0 Å². The van der Waals surface area contributed by atoms with Crippen molar-refractivity contribution in [3.05, 3.63) is 29.8 Å². The molecule has 2 N–H and O–H groups in total. The van der Waals surface area contributed by atoms with E-state index in [1.807, 2.05) is 13.8 Å². The maximum Gasteiger partial charge on any atom is 0.238 e. The van der Waals surface area contributed by atoms with Crippen molar-refractivity contribution >= 4 is 17.5 Å². The van der Waals surface area contributed by atoms with Gasteiger partial charge < -0.3 is 10.6 Å². The summed E-state index contributed by atoms with van der Waals surface area (Å²) in [6.07, 6.45) is 0.923. The van der Waals surface area contributed by atoms with Gasteiger partial charge in [0.05, 0.1) is 24.7 Å². The van der Waals surface area contributed by atoms with Gasteiger partial charge >= 0.3 is 0 Å². The van der Waals surface area contributed by atoms with Crippen LogP contribution in [-0.2, 0) is 9.59 Å². The number of nitriles is 1. The summed E-state index contributed by atoms with van der Waals surface area (Å²) in [5.41, 5.74) is 1.15. The van der Waals surface area contributed by atoms with E-state index in [9.17, 15) is 9.59 Å². The Kier molecular flexibility index (Phi) is 7.57. The number of hydrogen-bond acceptors (Lipinski definition) is 5. The van der Waals surface area contributed by atoms with Gasteiger partial charge in [-0.25, -0.2) is 0 Å². The minimum Gasteiger partial charge on any atom is -0.353 e. The van der Waals surface area contributed by atoms with Crippen LogP contribution in [0.15, 0.2) is 24.3 Å². The molecule has 2 rings (SSSR count). The highest BCUT2D eigenvalue weighted by molar-refractivity contribution is 5.92. The summed E-state index contributed by atoms with van der Waals surface area (Å²) in [6.45, 7) is 7.81. The maximum atomic E-state index is 12.2. The molecule has 2 amide bonds. The van der Waals surface area contributed by atoms with Crippen LogP contribution in [0.3, 0.4) is 0 Å². The Morgan fingerprint density at radius 2 is 1.77 bits per heavy atom. The molecule has 140 valence electrons. The van der Waals surface area contributed by atoms with Crippen molar-refractivity contribution in [2.24, 2.45) is 0 Å². The van der Waals surface area contributed by atoms with Crippen LogP contribution in [0.25, 0.3) is 0 Å². The second-order valence-corrected chi connectivity index (χ2v) is 6.67. The predicted octanol–water partition coefficient (Wildman–Crippen LogP) is 1.03. The van der Waals surface area contributed by atoms with Gasteiger partial charge in [-0.1, -0.05) is 13.0 Å². The number of hydrogen-bond donors (Lipinski definition) is 2. The Hall–Kier alpha value is -2.43. The van der Waals surface area contributed by atoms with E-state index < -0.39 is 0 Å². The number of carbonyl (C=O) groups is 2. The van der Waals surface area contributed by atoms with Gasteiger partial charge in [0.15, 0.2) is 0 Å². The van der Waals surface area contributed by atoms with Crippen molar-refractivity contribution in [1.29, 1.82) is 5.26 Å². The zero-order valence-electron chi connectivity index (χ0n) is 15.5. The SMILES string of the molecule is CCC(C)NC(=O)CN1CCN(CC(=O)Nc2cccc(C#N)c2)CC1. The van der Waals surface area contributed by atoms with Crippen molar-refractivity contribution in [1.82, 2.24) is 15.1 Å². The number of anilines is 1. The summed E-state index contributed by atoms with van der Waals surface area (Å²) in [5.74, 6) is -0.0361. The largest absolute Gasteiger partial charge is 0.353 e. The third kappa shape index (κ3) is 6.47. The van der Waals surface area contributed by atoms with Gasteiger partial charge in [0.1, 0.15) is 0 Å². The average Bonchev–Trinajstić information content (AvgIpc) is 2.63. The first-order valence-corrected chi connectivity index (χ1v) is 9.04. The van der Waals surface area contributed by atoms with Crippen LogP contribution in [0.4, 0.5) is 5.69 Å². The van der Waals surface area contributed by atoms with Crippen molar-refractivity contribution in [2.75, 3.05) is 44.6 Å². The molecule has 0 spiro atoms. The van der Waals surface area contributed by atoms with E-state index in [0.29, 0.717) is 24.3 Å². The minimum absolute atomic E-state index is 0.0583. The molecule has 0 aliphatic carbocycles. The van der Waals surface area contributed by atoms with Crippen LogP contribution < -0.4 is 10.6 Å². The second kappa shape index (κ2) is 9.90. The number of nitrogens with zero attached hydrogens (tertiary/aromatic N) is 3. The average molecular weight is 357 g/mol. The molecule has 1 aliphatic heterocycles. The summed E-state index contributed by atoms with van der Waals surface area (Å²) >= 11 is 0. The van der Waals surface area contributed by atoms with Gasteiger partial charge in [0.2, 0.25) is 11.8 Å². The van der Waals surface area contributed by atoms with Gasteiger partial charge in [-0.15, -0.1) is 0 Å². The highest BCUT2D eigenvalue weighted by Gasteiger charge is 2.21. The van der Waals surface area contributed by atoms with E-state index >= 15 is 0 Å². The molecule has 1 heterocycles. The molecule has 1 atom stereocenters. The Morgan fingerprint density at radius 3 is 2.35 bits per heavy atom. The smallest absolute Gasteiger partial charge is 0.238 e. The zero-order valence-corrected chi connectivity index (χ0v) is 15.5. The van der Waals surface area contributed by atoms with Crippen LogP contribution in [0.1, 0.15) is 25.8 Å². The van der Waals surface area contributed by atoms with Crippen LogP contribution >= 0.6 is 0 Å². The molecule has 1 unspecified atom stereocenters. The number of carbonyl (C=O) groups excluding carboxylic acids is 2. The number of piperazine rings is 1. The molecular formula is C19H27N5O2. The summed E-state index contributed by atoms with van der Waals surface area (Å²) in [6, 6.07) is 9.14. The molecule has 7 heteroatoms. The summed E-state index contributed by atoms with van der Waals surface area (Å²) in [7, 11) is 0. The first-order valence-electron chi connectivity index (χ1n) is 9.04. The molecule has 0 bridgehead atoms. The quantitative estimate of drug-likeness (QED) is 0.761. The Morgan fingerprint density at radius 1 is 1.15 bits per heavy atom. The summed E-state index contributed by atoms with van der Waals surface area (Å²) < 4.78 is 0. The van der Waals surface area contributed by atoms with Crippen molar-refractivity contribution in [3.8, 4) is 6.07 Å². The molecule has 1 fully saturated rings. The molecule has 1 aromatic rings.